The second-order valence-electron chi connectivity index (χ2n) is 6.85. The summed E-state index contributed by atoms with van der Waals surface area (Å²) in [5.74, 6) is 1.33. The third-order valence-corrected chi connectivity index (χ3v) is 5.18. The van der Waals surface area contributed by atoms with Crippen molar-refractivity contribution in [2.24, 2.45) is 21.9 Å². The fraction of sp³-hybridized carbons (Fsp3) is 0.529. The largest absolute Gasteiger partial charge is 0.353 e. The van der Waals surface area contributed by atoms with Crippen LogP contribution >= 0.6 is 0 Å². The van der Waals surface area contributed by atoms with Gasteiger partial charge in [0.2, 0.25) is 5.91 Å². The SMILES string of the molecule is N=N/C(=C1\NC=Nc2[nH]ccc21)[C@H]1CC[C@H](C(=O)NC2CC2)CC1. The van der Waals surface area contributed by atoms with Crippen molar-refractivity contribution in [3.05, 3.63) is 23.5 Å². The predicted molar refractivity (Wildman–Crippen MR) is 90.8 cm³/mol. The lowest BCUT2D eigenvalue weighted by atomic mass is 9.79. The first-order valence-corrected chi connectivity index (χ1v) is 8.65. The molecule has 1 aromatic heterocycles. The summed E-state index contributed by atoms with van der Waals surface area (Å²) in [5.41, 5.74) is 10.2. The monoisotopic (exact) mass is 326 g/mol. The van der Waals surface area contributed by atoms with Gasteiger partial charge in [0.15, 0.2) is 0 Å². The van der Waals surface area contributed by atoms with Crippen molar-refractivity contribution in [2.75, 3.05) is 0 Å². The number of allylic oxidation sites excluding steroid dienone is 1. The van der Waals surface area contributed by atoms with Gasteiger partial charge >= 0.3 is 0 Å². The molecular weight excluding hydrogens is 304 g/mol. The summed E-state index contributed by atoms with van der Waals surface area (Å²) in [6, 6.07) is 2.38. The average molecular weight is 326 g/mol. The molecule has 0 unspecified atom stereocenters. The van der Waals surface area contributed by atoms with Crippen LogP contribution in [0, 0.1) is 17.4 Å². The fourth-order valence-corrected chi connectivity index (χ4v) is 3.65. The number of nitrogens with one attached hydrogen (secondary N) is 4. The number of amides is 1. The lowest BCUT2D eigenvalue weighted by Crippen LogP contribution is -2.34. The first-order valence-electron chi connectivity index (χ1n) is 8.65. The molecule has 1 aliphatic heterocycles. The number of fused-ring (bicyclic) bond motifs is 1. The molecule has 1 amide bonds. The molecular formula is C17H22N6O. The summed E-state index contributed by atoms with van der Waals surface area (Å²) in [4.78, 5) is 19.5. The molecule has 2 heterocycles. The molecule has 0 spiro atoms. The van der Waals surface area contributed by atoms with Crippen molar-refractivity contribution in [1.29, 1.82) is 5.53 Å². The summed E-state index contributed by atoms with van der Waals surface area (Å²) < 4.78 is 0. The number of aliphatic imine (C=N–C) groups is 1. The van der Waals surface area contributed by atoms with Crippen molar-refractivity contribution >= 4 is 23.8 Å². The summed E-state index contributed by atoms with van der Waals surface area (Å²) >= 11 is 0. The molecule has 0 radical (unpaired) electrons. The van der Waals surface area contributed by atoms with Crippen LogP contribution < -0.4 is 10.6 Å². The van der Waals surface area contributed by atoms with E-state index in [-0.39, 0.29) is 17.7 Å². The number of aromatic amines is 1. The van der Waals surface area contributed by atoms with Gasteiger partial charge in [-0.3, -0.25) is 4.79 Å². The maximum absolute atomic E-state index is 12.2. The van der Waals surface area contributed by atoms with Crippen molar-refractivity contribution < 1.29 is 4.79 Å². The van der Waals surface area contributed by atoms with Crippen LogP contribution in [-0.2, 0) is 4.79 Å². The number of H-pyrrole nitrogens is 1. The van der Waals surface area contributed by atoms with Crippen LogP contribution in [0.5, 0.6) is 0 Å². The number of carbonyl (C=O) groups excluding carboxylic acids is 1. The second kappa shape index (κ2) is 6.22. The number of aromatic nitrogens is 1. The second-order valence-corrected chi connectivity index (χ2v) is 6.85. The molecule has 0 saturated heterocycles. The standard InChI is InChI=1S/C17H22N6O/c18-23-14(15-13-7-8-19-16(13)21-9-20-15)10-1-3-11(4-2-10)17(24)22-12-5-6-12/h7-12,18-19H,1-6H2,(H,20,21)(H,22,24)/b15-14-,23-18?/t10-,11-. The molecule has 2 saturated carbocycles. The van der Waals surface area contributed by atoms with E-state index in [1.807, 2.05) is 12.3 Å². The fourth-order valence-electron chi connectivity index (χ4n) is 3.65. The van der Waals surface area contributed by atoms with Gasteiger partial charge in [-0.25, -0.2) is 10.5 Å². The molecule has 4 N–H and O–H groups in total. The maximum Gasteiger partial charge on any atom is 0.223 e. The van der Waals surface area contributed by atoms with Gasteiger partial charge in [-0.05, 0) is 44.6 Å². The summed E-state index contributed by atoms with van der Waals surface area (Å²) in [6.07, 6.45) is 9.24. The highest BCUT2D eigenvalue weighted by Gasteiger charge is 2.33. The van der Waals surface area contributed by atoms with Gasteiger partial charge < -0.3 is 15.6 Å². The van der Waals surface area contributed by atoms with E-state index in [9.17, 15) is 4.79 Å². The number of nitrogens with zero attached hydrogens (tertiary/aromatic N) is 2. The van der Waals surface area contributed by atoms with Crippen molar-refractivity contribution in [3.8, 4) is 0 Å². The zero-order valence-electron chi connectivity index (χ0n) is 13.5. The number of rotatable bonds is 4. The molecule has 126 valence electrons. The van der Waals surface area contributed by atoms with E-state index >= 15 is 0 Å². The van der Waals surface area contributed by atoms with E-state index in [0.717, 1.165) is 61.3 Å². The molecule has 2 aliphatic carbocycles. The van der Waals surface area contributed by atoms with Crippen LogP contribution in [0.4, 0.5) is 5.82 Å². The lowest BCUT2D eigenvalue weighted by molar-refractivity contribution is -0.126. The van der Waals surface area contributed by atoms with Gasteiger partial charge in [-0.2, -0.15) is 5.11 Å². The van der Waals surface area contributed by atoms with Gasteiger partial charge in [-0.1, -0.05) is 0 Å². The lowest BCUT2D eigenvalue weighted by Gasteiger charge is -2.29. The van der Waals surface area contributed by atoms with E-state index in [2.05, 4.69) is 25.7 Å². The van der Waals surface area contributed by atoms with Gasteiger partial charge in [0.05, 0.1) is 17.7 Å². The third-order valence-electron chi connectivity index (χ3n) is 5.18. The van der Waals surface area contributed by atoms with Crippen LogP contribution in [0.2, 0.25) is 0 Å². The number of carbonyl (C=O) groups is 1. The molecule has 7 nitrogen and oxygen atoms in total. The Bertz CT molecular complexity index is 706. The topological polar surface area (TPSA) is 105 Å². The Morgan fingerprint density at radius 1 is 1.21 bits per heavy atom. The minimum absolute atomic E-state index is 0.113. The van der Waals surface area contributed by atoms with Crippen LogP contribution in [-0.4, -0.2) is 23.3 Å². The van der Waals surface area contributed by atoms with Crippen LogP contribution in [0.1, 0.15) is 44.1 Å². The molecule has 4 rings (SSSR count). The van der Waals surface area contributed by atoms with Gasteiger partial charge in [0, 0.05) is 29.6 Å². The smallest absolute Gasteiger partial charge is 0.223 e. The molecule has 0 bridgehead atoms. The van der Waals surface area contributed by atoms with E-state index in [0.29, 0.717) is 6.04 Å². The van der Waals surface area contributed by atoms with Crippen LogP contribution in [0.3, 0.4) is 0 Å². The summed E-state index contributed by atoms with van der Waals surface area (Å²) in [5, 5.41) is 10.1. The number of hydrogen-bond donors (Lipinski definition) is 4. The molecule has 0 atom stereocenters. The minimum Gasteiger partial charge on any atom is -0.353 e. The van der Waals surface area contributed by atoms with Crippen LogP contribution in [0.15, 0.2) is 28.1 Å². The molecule has 7 heteroatoms. The first kappa shape index (κ1) is 15.1. The van der Waals surface area contributed by atoms with E-state index in [1.54, 1.807) is 6.34 Å². The minimum atomic E-state index is 0.113. The number of hydrogen-bond acceptors (Lipinski definition) is 5. The quantitative estimate of drug-likeness (QED) is 0.638. The summed E-state index contributed by atoms with van der Waals surface area (Å²) in [6.45, 7) is 0. The van der Waals surface area contributed by atoms with Gasteiger partial charge in [0.1, 0.15) is 5.82 Å². The highest BCUT2D eigenvalue weighted by atomic mass is 16.2. The third kappa shape index (κ3) is 2.86. The van der Waals surface area contributed by atoms with Crippen LogP contribution in [0.25, 0.3) is 5.70 Å². The molecule has 1 aromatic rings. The molecule has 2 fully saturated rings. The average Bonchev–Trinajstić information content (AvgIpc) is 3.29. The maximum atomic E-state index is 12.2. The first-order chi connectivity index (χ1) is 11.8. The van der Waals surface area contributed by atoms with Crippen molar-refractivity contribution in [2.45, 2.75) is 44.6 Å². The van der Waals surface area contributed by atoms with Crippen molar-refractivity contribution in [3.63, 3.8) is 0 Å². The Morgan fingerprint density at radius 3 is 2.67 bits per heavy atom. The molecule has 24 heavy (non-hydrogen) atoms. The normalized spacial score (nSPS) is 27.8. The Hall–Kier alpha value is -2.44. The van der Waals surface area contributed by atoms with E-state index in [1.165, 1.54) is 0 Å². The highest BCUT2D eigenvalue weighted by Crippen LogP contribution is 2.39. The van der Waals surface area contributed by atoms with Crippen molar-refractivity contribution in [1.82, 2.24) is 15.6 Å². The Morgan fingerprint density at radius 2 is 1.96 bits per heavy atom. The zero-order valence-corrected chi connectivity index (χ0v) is 13.5. The zero-order chi connectivity index (χ0) is 16.5. The molecule has 0 aromatic carbocycles. The van der Waals surface area contributed by atoms with Gasteiger partial charge in [-0.15, -0.1) is 0 Å². The Labute approximate surface area is 140 Å². The Balaban J connectivity index is 1.47. The highest BCUT2D eigenvalue weighted by molar-refractivity contribution is 5.87. The Kier molecular flexibility index (Phi) is 3.92. The predicted octanol–water partition coefficient (Wildman–Crippen LogP) is 3.06. The molecule has 3 aliphatic rings. The summed E-state index contributed by atoms with van der Waals surface area (Å²) in [7, 11) is 0. The van der Waals surface area contributed by atoms with Gasteiger partial charge in [0.25, 0.3) is 0 Å². The van der Waals surface area contributed by atoms with E-state index in [4.69, 9.17) is 5.53 Å². The van der Waals surface area contributed by atoms with E-state index < -0.39 is 0 Å².